The summed E-state index contributed by atoms with van der Waals surface area (Å²) in [7, 11) is 0. The summed E-state index contributed by atoms with van der Waals surface area (Å²) in [6.07, 6.45) is -0.205. The van der Waals surface area contributed by atoms with E-state index in [4.69, 9.17) is 4.74 Å². The van der Waals surface area contributed by atoms with E-state index in [9.17, 15) is 18.8 Å². The van der Waals surface area contributed by atoms with Gasteiger partial charge >= 0.3 is 5.97 Å². The van der Waals surface area contributed by atoms with E-state index in [1.807, 2.05) is 11.4 Å². The van der Waals surface area contributed by atoms with E-state index in [2.05, 4.69) is 5.32 Å². The second-order valence-electron chi connectivity index (χ2n) is 7.77. The Morgan fingerprint density at radius 3 is 2.30 bits per heavy atom. The molecule has 2 amide bonds. The van der Waals surface area contributed by atoms with E-state index in [0.29, 0.717) is 42.1 Å². The van der Waals surface area contributed by atoms with Crippen LogP contribution in [0.25, 0.3) is 0 Å². The molecule has 170 valence electrons. The van der Waals surface area contributed by atoms with Crippen molar-refractivity contribution in [3.05, 3.63) is 88.4 Å². The van der Waals surface area contributed by atoms with Crippen molar-refractivity contribution in [1.82, 2.24) is 4.90 Å². The van der Waals surface area contributed by atoms with E-state index in [0.717, 1.165) is 0 Å². The van der Waals surface area contributed by atoms with Crippen molar-refractivity contribution >= 4 is 34.8 Å². The Bertz CT molecular complexity index is 1100. The van der Waals surface area contributed by atoms with Gasteiger partial charge in [-0.1, -0.05) is 36.4 Å². The molecule has 0 radical (unpaired) electrons. The van der Waals surface area contributed by atoms with Crippen molar-refractivity contribution in [2.24, 2.45) is 5.92 Å². The molecule has 1 fully saturated rings. The van der Waals surface area contributed by atoms with Crippen LogP contribution in [-0.2, 0) is 14.3 Å². The number of piperidine rings is 1. The van der Waals surface area contributed by atoms with Crippen LogP contribution in [0.5, 0.6) is 0 Å². The largest absolute Gasteiger partial charge is 0.447 e. The maximum Gasteiger partial charge on any atom is 0.310 e. The fourth-order valence-electron chi connectivity index (χ4n) is 3.73. The Morgan fingerprint density at radius 2 is 1.67 bits per heavy atom. The highest BCUT2D eigenvalue weighted by atomic mass is 32.1. The smallest absolute Gasteiger partial charge is 0.310 e. The molecule has 2 heterocycles. The fraction of sp³-hybridized carbons (Fsp3) is 0.240. The number of benzene rings is 2. The van der Waals surface area contributed by atoms with Crippen LogP contribution in [0.2, 0.25) is 0 Å². The minimum Gasteiger partial charge on any atom is -0.447 e. The summed E-state index contributed by atoms with van der Waals surface area (Å²) in [5, 5.41) is 4.54. The standard InChI is InChI=1S/C25H23FN2O4S/c26-19-8-10-20(11-9-19)27-23(29)22(17-5-2-1-3-6-17)32-25(31)18-12-14-28(15-13-18)24(30)21-7-4-16-33-21/h1-11,16,18,22H,12-15H2,(H,27,29). The molecule has 0 spiro atoms. The maximum absolute atomic E-state index is 13.2. The first-order valence-corrected chi connectivity index (χ1v) is 11.5. The molecule has 0 saturated carbocycles. The fourth-order valence-corrected chi connectivity index (χ4v) is 4.42. The molecule has 1 unspecified atom stereocenters. The molecule has 8 heteroatoms. The summed E-state index contributed by atoms with van der Waals surface area (Å²) >= 11 is 1.39. The second kappa shape index (κ2) is 10.4. The van der Waals surface area contributed by atoms with Crippen LogP contribution >= 0.6 is 11.3 Å². The molecule has 1 saturated heterocycles. The average Bonchev–Trinajstić information content (AvgIpc) is 3.39. The lowest BCUT2D eigenvalue weighted by Gasteiger charge is -2.31. The van der Waals surface area contributed by atoms with Gasteiger partial charge in [-0.05, 0) is 48.6 Å². The monoisotopic (exact) mass is 466 g/mol. The van der Waals surface area contributed by atoms with E-state index >= 15 is 0 Å². The van der Waals surface area contributed by atoms with Gasteiger partial charge in [0.2, 0.25) is 6.10 Å². The van der Waals surface area contributed by atoms with Crippen LogP contribution in [0.3, 0.4) is 0 Å². The SMILES string of the molecule is O=C(OC(C(=O)Nc1ccc(F)cc1)c1ccccc1)C1CCN(C(=O)c2cccs2)CC1. The van der Waals surface area contributed by atoms with Crippen LogP contribution < -0.4 is 5.32 Å². The quantitative estimate of drug-likeness (QED) is 0.536. The average molecular weight is 467 g/mol. The van der Waals surface area contributed by atoms with E-state index < -0.39 is 29.7 Å². The van der Waals surface area contributed by atoms with Gasteiger partial charge in [0.05, 0.1) is 10.8 Å². The summed E-state index contributed by atoms with van der Waals surface area (Å²) < 4.78 is 18.9. The zero-order valence-corrected chi connectivity index (χ0v) is 18.6. The van der Waals surface area contributed by atoms with Crippen LogP contribution in [-0.4, -0.2) is 35.8 Å². The van der Waals surface area contributed by atoms with Crippen LogP contribution in [0.4, 0.5) is 10.1 Å². The Kier molecular flexibility index (Phi) is 7.14. The molecule has 0 bridgehead atoms. The van der Waals surface area contributed by atoms with Crippen molar-refractivity contribution in [3.8, 4) is 0 Å². The number of carbonyl (C=O) groups is 3. The van der Waals surface area contributed by atoms with Gasteiger partial charge in [0, 0.05) is 24.3 Å². The minimum atomic E-state index is -1.14. The van der Waals surface area contributed by atoms with Gasteiger partial charge in [-0.25, -0.2) is 4.39 Å². The first-order valence-electron chi connectivity index (χ1n) is 10.7. The number of thiophene rings is 1. The first-order chi connectivity index (χ1) is 16.0. The van der Waals surface area contributed by atoms with Crippen molar-refractivity contribution in [2.45, 2.75) is 18.9 Å². The summed E-state index contributed by atoms with van der Waals surface area (Å²) in [5.74, 6) is -1.84. The van der Waals surface area contributed by atoms with E-state index in [1.165, 1.54) is 35.6 Å². The molecule has 1 aromatic heterocycles. The summed E-state index contributed by atoms with van der Waals surface area (Å²) in [5.41, 5.74) is 0.939. The molecular formula is C25H23FN2O4S. The molecule has 4 rings (SSSR count). The molecule has 1 atom stereocenters. The maximum atomic E-state index is 13.2. The van der Waals surface area contributed by atoms with Gasteiger partial charge in [0.25, 0.3) is 11.8 Å². The third kappa shape index (κ3) is 5.64. The summed E-state index contributed by atoms with van der Waals surface area (Å²) in [4.78, 5) is 40.8. The topological polar surface area (TPSA) is 75.7 Å². The zero-order chi connectivity index (χ0) is 23.2. The highest BCUT2D eigenvalue weighted by Crippen LogP contribution is 2.26. The summed E-state index contributed by atoms with van der Waals surface area (Å²) in [6.45, 7) is 0.905. The van der Waals surface area contributed by atoms with Gasteiger partial charge in [-0.3, -0.25) is 14.4 Å². The van der Waals surface area contributed by atoms with Gasteiger partial charge in [-0.2, -0.15) is 0 Å². The first kappa shape index (κ1) is 22.7. The number of ether oxygens (including phenoxy) is 1. The van der Waals surface area contributed by atoms with Crippen LogP contribution in [0.15, 0.2) is 72.1 Å². The molecule has 0 aliphatic carbocycles. The van der Waals surface area contributed by atoms with Crippen molar-refractivity contribution < 1.29 is 23.5 Å². The normalized spacial score (nSPS) is 15.0. The molecule has 1 aliphatic heterocycles. The number of carbonyl (C=O) groups excluding carboxylic acids is 3. The van der Waals surface area contributed by atoms with Crippen molar-refractivity contribution in [3.63, 3.8) is 0 Å². The lowest BCUT2D eigenvalue weighted by atomic mass is 9.96. The third-order valence-corrected chi connectivity index (χ3v) is 6.39. The van der Waals surface area contributed by atoms with Gasteiger partial charge in [0.1, 0.15) is 5.82 Å². The van der Waals surface area contributed by atoms with Crippen LogP contribution in [0, 0.1) is 11.7 Å². The van der Waals surface area contributed by atoms with Gasteiger partial charge in [-0.15, -0.1) is 11.3 Å². The molecular weight excluding hydrogens is 443 g/mol. The minimum absolute atomic E-state index is 0.0299. The molecule has 3 aromatic rings. The highest BCUT2D eigenvalue weighted by molar-refractivity contribution is 7.12. The predicted molar refractivity (Wildman–Crippen MR) is 123 cm³/mol. The Balaban J connectivity index is 1.41. The molecule has 2 aromatic carbocycles. The number of nitrogens with one attached hydrogen (secondary N) is 1. The van der Waals surface area contributed by atoms with Gasteiger partial charge in [0.15, 0.2) is 0 Å². The van der Waals surface area contributed by atoms with Crippen LogP contribution in [0.1, 0.15) is 34.2 Å². The lowest BCUT2D eigenvalue weighted by Crippen LogP contribution is -2.41. The Morgan fingerprint density at radius 1 is 0.970 bits per heavy atom. The zero-order valence-electron chi connectivity index (χ0n) is 17.8. The number of hydrogen-bond donors (Lipinski definition) is 1. The van der Waals surface area contributed by atoms with Crippen molar-refractivity contribution in [2.75, 3.05) is 18.4 Å². The highest BCUT2D eigenvalue weighted by Gasteiger charge is 2.33. The number of nitrogens with zero attached hydrogens (tertiary/aromatic N) is 1. The number of hydrogen-bond acceptors (Lipinski definition) is 5. The Hall–Kier alpha value is -3.52. The van der Waals surface area contributed by atoms with E-state index in [-0.39, 0.29) is 5.91 Å². The van der Waals surface area contributed by atoms with Crippen molar-refractivity contribution in [1.29, 1.82) is 0 Å². The number of halogens is 1. The number of likely N-dealkylation sites (tertiary alicyclic amines) is 1. The third-order valence-electron chi connectivity index (χ3n) is 5.53. The number of anilines is 1. The number of rotatable bonds is 6. The lowest BCUT2D eigenvalue weighted by molar-refractivity contribution is -0.160. The Labute approximate surface area is 195 Å². The number of esters is 1. The number of amides is 2. The second-order valence-corrected chi connectivity index (χ2v) is 8.72. The van der Waals surface area contributed by atoms with Gasteiger partial charge < -0.3 is 15.0 Å². The molecule has 1 N–H and O–H groups in total. The van der Waals surface area contributed by atoms with E-state index in [1.54, 1.807) is 41.3 Å². The molecule has 6 nitrogen and oxygen atoms in total. The molecule has 33 heavy (non-hydrogen) atoms. The predicted octanol–water partition coefficient (Wildman–Crippen LogP) is 4.66. The summed E-state index contributed by atoms with van der Waals surface area (Å²) in [6, 6.07) is 17.7. The molecule has 1 aliphatic rings.